The molecule has 0 aliphatic carbocycles. The van der Waals surface area contributed by atoms with Crippen molar-refractivity contribution in [1.29, 1.82) is 0 Å². The summed E-state index contributed by atoms with van der Waals surface area (Å²) < 4.78 is 5.19. The van der Waals surface area contributed by atoms with E-state index in [-0.39, 0.29) is 55.1 Å². The summed E-state index contributed by atoms with van der Waals surface area (Å²) in [7, 11) is 1.62. The molecular formula is C31H47ClN4O5. The quantitative estimate of drug-likeness (QED) is 0.253. The second kappa shape index (κ2) is 17.3. The fourth-order valence-corrected chi connectivity index (χ4v) is 5.20. The Morgan fingerprint density at radius 1 is 1.05 bits per heavy atom. The van der Waals surface area contributed by atoms with E-state index in [1.165, 1.54) is 0 Å². The van der Waals surface area contributed by atoms with Gasteiger partial charge in [-0.1, -0.05) is 56.3 Å². The van der Waals surface area contributed by atoms with E-state index in [1.807, 2.05) is 63.2 Å². The van der Waals surface area contributed by atoms with Gasteiger partial charge in [0.1, 0.15) is 12.1 Å². The maximum atomic E-state index is 13.5. The Balaban J connectivity index is 0.00000588. The van der Waals surface area contributed by atoms with Crippen molar-refractivity contribution in [3.63, 3.8) is 0 Å². The highest BCUT2D eigenvalue weighted by molar-refractivity contribution is 5.93. The Kier molecular flexibility index (Phi) is 14.5. The zero-order valence-corrected chi connectivity index (χ0v) is 25.5. The molecule has 1 aliphatic heterocycles. The number of likely N-dealkylation sites (tertiary alicyclic amines) is 1. The number of carbonyl (C=O) groups is 3. The van der Waals surface area contributed by atoms with Crippen LogP contribution in [0.5, 0.6) is 0 Å². The summed E-state index contributed by atoms with van der Waals surface area (Å²) in [6.07, 6.45) is 2.29. The summed E-state index contributed by atoms with van der Waals surface area (Å²) in [5.41, 5.74) is 0.909. The number of hydrogen-bond donors (Lipinski definition) is 4. The number of hydrogen-bond acceptors (Lipinski definition) is 6. The molecule has 9 nitrogen and oxygen atoms in total. The number of aliphatic hydroxyl groups is 1. The van der Waals surface area contributed by atoms with Gasteiger partial charge in [0.05, 0.1) is 12.2 Å². The van der Waals surface area contributed by atoms with Crippen molar-refractivity contribution < 1.29 is 24.2 Å². The van der Waals surface area contributed by atoms with Crippen LogP contribution in [0.1, 0.15) is 52.0 Å². The molecule has 2 unspecified atom stereocenters. The molecule has 1 heterocycles. The molecule has 0 spiro atoms. The van der Waals surface area contributed by atoms with Gasteiger partial charge in [-0.3, -0.25) is 14.4 Å². The first-order valence-corrected chi connectivity index (χ1v) is 14.5. The monoisotopic (exact) mass is 590 g/mol. The van der Waals surface area contributed by atoms with Crippen LogP contribution in [-0.2, 0) is 25.5 Å². The van der Waals surface area contributed by atoms with E-state index < -0.39 is 18.2 Å². The molecule has 0 bridgehead atoms. The van der Waals surface area contributed by atoms with Crippen molar-refractivity contribution in [2.45, 2.75) is 77.2 Å². The van der Waals surface area contributed by atoms with Crippen molar-refractivity contribution in [3.8, 4) is 0 Å². The topological polar surface area (TPSA) is 120 Å². The first kappa shape index (κ1) is 34.5. The van der Waals surface area contributed by atoms with Gasteiger partial charge in [-0.15, -0.1) is 12.4 Å². The average molecular weight is 591 g/mol. The minimum absolute atomic E-state index is 0. The summed E-state index contributed by atoms with van der Waals surface area (Å²) in [5.74, 6) is -0.779. The molecule has 10 heteroatoms. The van der Waals surface area contributed by atoms with Crippen LogP contribution in [0, 0.1) is 5.92 Å². The molecule has 0 radical (unpaired) electrons. The molecule has 3 amide bonds. The second-order valence-corrected chi connectivity index (χ2v) is 10.8. The third-order valence-corrected chi connectivity index (χ3v) is 7.79. The predicted molar refractivity (Wildman–Crippen MR) is 164 cm³/mol. The molecule has 4 N–H and O–H groups in total. The van der Waals surface area contributed by atoms with Crippen molar-refractivity contribution in [2.24, 2.45) is 5.92 Å². The molecule has 0 saturated carbocycles. The van der Waals surface area contributed by atoms with Gasteiger partial charge in [0.2, 0.25) is 17.7 Å². The van der Waals surface area contributed by atoms with Crippen molar-refractivity contribution in [2.75, 3.05) is 33.3 Å². The number of methoxy groups -OCH3 is 1. The fourth-order valence-electron chi connectivity index (χ4n) is 5.20. The number of nitrogens with one attached hydrogen (secondary N) is 3. The average Bonchev–Trinajstić information content (AvgIpc) is 3.46. The number of carbonyl (C=O) groups excluding carboxylic acids is 3. The van der Waals surface area contributed by atoms with Crippen LogP contribution in [0.15, 0.2) is 42.5 Å². The van der Waals surface area contributed by atoms with Crippen molar-refractivity contribution >= 4 is 40.9 Å². The zero-order chi connectivity index (χ0) is 29.1. The normalized spacial score (nSPS) is 17.1. The molecule has 228 valence electrons. The molecule has 1 aliphatic rings. The number of ether oxygens (including phenoxy) is 1. The number of rotatable bonds is 15. The Labute approximate surface area is 250 Å². The molecule has 41 heavy (non-hydrogen) atoms. The summed E-state index contributed by atoms with van der Waals surface area (Å²) in [6, 6.07) is 12.5. The lowest BCUT2D eigenvalue weighted by atomic mass is 10.00. The highest BCUT2D eigenvalue weighted by Gasteiger charge is 2.37. The Bertz CT molecular complexity index is 1130. The number of halogens is 1. The number of aliphatic hydroxyl groups excluding tert-OH is 1. The third kappa shape index (κ3) is 9.95. The van der Waals surface area contributed by atoms with Gasteiger partial charge in [0.15, 0.2) is 0 Å². The Morgan fingerprint density at radius 2 is 1.76 bits per heavy atom. The van der Waals surface area contributed by atoms with Crippen LogP contribution in [0.4, 0.5) is 0 Å². The first-order chi connectivity index (χ1) is 19.3. The summed E-state index contributed by atoms with van der Waals surface area (Å²) in [5, 5.41) is 21.4. The third-order valence-electron chi connectivity index (χ3n) is 7.79. The highest BCUT2D eigenvalue weighted by atomic mass is 35.5. The predicted octanol–water partition coefficient (Wildman–Crippen LogP) is 2.82. The standard InChI is InChI=1S/C31H46N4O5.ClH/c1-5-23(6-2)31(39)35-15-9-12-28(35)30(38)34-27(17-22-13-14-24-10-7-8-11-25(24)16-22)29(37)33-20-26(36)19-32-18-21(3)40-4;/h7-8,10-11,13-14,16,21,23,26-28,32,36H,5-6,9,12,15,17-20H2,1-4H3,(H,33,37)(H,34,38);1H/t21-,26?,27-,28?;/m1./s1. The fraction of sp³-hybridized carbons (Fsp3) is 0.581. The molecular weight excluding hydrogens is 544 g/mol. The van der Waals surface area contributed by atoms with Gasteiger partial charge in [-0.25, -0.2) is 0 Å². The lowest BCUT2D eigenvalue weighted by Gasteiger charge is -2.29. The minimum atomic E-state index is -0.854. The summed E-state index contributed by atoms with van der Waals surface area (Å²) in [4.78, 5) is 41.6. The van der Waals surface area contributed by atoms with Crippen LogP contribution in [0.3, 0.4) is 0 Å². The number of nitrogens with zero attached hydrogens (tertiary/aromatic N) is 1. The molecule has 3 rings (SSSR count). The lowest BCUT2D eigenvalue weighted by molar-refractivity contribution is -0.142. The maximum absolute atomic E-state index is 13.5. The van der Waals surface area contributed by atoms with Crippen LogP contribution < -0.4 is 16.0 Å². The molecule has 1 saturated heterocycles. The van der Waals surface area contributed by atoms with Crippen LogP contribution in [-0.4, -0.2) is 85.3 Å². The van der Waals surface area contributed by atoms with E-state index in [2.05, 4.69) is 16.0 Å². The number of amides is 3. The van der Waals surface area contributed by atoms with Crippen molar-refractivity contribution in [1.82, 2.24) is 20.9 Å². The molecule has 2 aromatic rings. The molecule has 0 aromatic heterocycles. The van der Waals surface area contributed by atoms with Gasteiger partial charge in [-0.2, -0.15) is 0 Å². The van der Waals surface area contributed by atoms with Crippen LogP contribution >= 0.6 is 12.4 Å². The Hall–Kier alpha value is -2.72. The highest BCUT2D eigenvalue weighted by Crippen LogP contribution is 2.23. The smallest absolute Gasteiger partial charge is 0.243 e. The summed E-state index contributed by atoms with van der Waals surface area (Å²) in [6.45, 7) is 7.37. The summed E-state index contributed by atoms with van der Waals surface area (Å²) >= 11 is 0. The van der Waals surface area contributed by atoms with E-state index in [9.17, 15) is 19.5 Å². The maximum Gasteiger partial charge on any atom is 0.243 e. The van der Waals surface area contributed by atoms with E-state index in [0.29, 0.717) is 26.1 Å². The molecule has 4 atom stereocenters. The second-order valence-electron chi connectivity index (χ2n) is 10.8. The number of fused-ring (bicyclic) bond motifs is 1. The van der Waals surface area contributed by atoms with E-state index >= 15 is 0 Å². The van der Waals surface area contributed by atoms with Gasteiger partial charge in [0.25, 0.3) is 0 Å². The van der Waals surface area contributed by atoms with Gasteiger partial charge >= 0.3 is 0 Å². The largest absolute Gasteiger partial charge is 0.390 e. The molecule has 1 fully saturated rings. The molecule has 2 aromatic carbocycles. The lowest BCUT2D eigenvalue weighted by Crippen LogP contribution is -2.55. The van der Waals surface area contributed by atoms with Gasteiger partial charge in [-0.05, 0) is 48.9 Å². The SMILES string of the molecule is CCC(CC)C(=O)N1CCCC1C(=O)N[C@H](Cc1ccc2ccccc2c1)C(=O)NCC(O)CNC[C@@H](C)OC.Cl. The van der Waals surface area contributed by atoms with Crippen molar-refractivity contribution in [3.05, 3.63) is 48.0 Å². The van der Waals surface area contributed by atoms with Crippen LogP contribution in [0.25, 0.3) is 10.8 Å². The van der Waals surface area contributed by atoms with Gasteiger partial charge < -0.3 is 30.7 Å². The zero-order valence-electron chi connectivity index (χ0n) is 24.7. The first-order valence-electron chi connectivity index (χ1n) is 14.5. The van der Waals surface area contributed by atoms with Crippen LogP contribution in [0.2, 0.25) is 0 Å². The van der Waals surface area contributed by atoms with E-state index in [1.54, 1.807) is 12.0 Å². The Morgan fingerprint density at radius 3 is 2.44 bits per heavy atom. The van der Waals surface area contributed by atoms with E-state index in [0.717, 1.165) is 35.6 Å². The minimum Gasteiger partial charge on any atom is -0.390 e. The van der Waals surface area contributed by atoms with Gasteiger partial charge in [0, 0.05) is 45.6 Å². The van der Waals surface area contributed by atoms with E-state index in [4.69, 9.17) is 4.74 Å². The number of benzene rings is 2.